The molecule has 0 spiro atoms. The highest BCUT2D eigenvalue weighted by Crippen LogP contribution is 2.31. The molecule has 2 aromatic heterocycles. The summed E-state index contributed by atoms with van der Waals surface area (Å²) in [6.07, 6.45) is 4.47. The molecule has 0 radical (unpaired) electrons. The molecule has 138 valence electrons. The van der Waals surface area contributed by atoms with Crippen LogP contribution >= 0.6 is 0 Å². The van der Waals surface area contributed by atoms with Crippen molar-refractivity contribution < 1.29 is 9.59 Å². The minimum atomic E-state index is -0.176. The lowest BCUT2D eigenvalue weighted by Gasteiger charge is -2.13. The Labute approximate surface area is 157 Å². The van der Waals surface area contributed by atoms with E-state index in [0.29, 0.717) is 16.8 Å². The van der Waals surface area contributed by atoms with Crippen LogP contribution in [0.5, 0.6) is 0 Å². The van der Waals surface area contributed by atoms with Gasteiger partial charge in [-0.05, 0) is 57.7 Å². The molecule has 0 unspecified atom stereocenters. The zero-order valence-electron chi connectivity index (χ0n) is 15.7. The smallest absolute Gasteiger partial charge is 0.256 e. The number of benzene rings is 1. The largest absolute Gasteiger partial charge is 0.322 e. The van der Waals surface area contributed by atoms with Gasteiger partial charge in [-0.3, -0.25) is 9.59 Å². The molecule has 1 N–H and O–H groups in total. The van der Waals surface area contributed by atoms with Gasteiger partial charge in [0.15, 0.2) is 11.4 Å². The number of fused-ring (bicyclic) bond motifs is 2. The molecule has 0 saturated heterocycles. The van der Waals surface area contributed by atoms with E-state index in [1.165, 1.54) is 6.92 Å². The predicted molar refractivity (Wildman–Crippen MR) is 104 cm³/mol. The average molecular weight is 362 g/mol. The van der Waals surface area contributed by atoms with Crippen molar-refractivity contribution in [3.63, 3.8) is 0 Å². The number of carbonyl (C=O) groups excluding carboxylic acids is 2. The Balaban J connectivity index is 1.80. The molecule has 0 atom stereocenters. The number of amides is 1. The van der Waals surface area contributed by atoms with E-state index in [-0.39, 0.29) is 17.7 Å². The first-order valence-electron chi connectivity index (χ1n) is 9.27. The minimum Gasteiger partial charge on any atom is -0.322 e. The highest BCUT2D eigenvalue weighted by molar-refractivity contribution is 6.13. The van der Waals surface area contributed by atoms with Crippen LogP contribution in [-0.4, -0.2) is 26.5 Å². The number of hydrogen-bond acceptors (Lipinski definition) is 4. The molecular weight excluding hydrogens is 340 g/mol. The number of carbonyl (C=O) groups is 2. The molecular formula is C21H22N4O2. The number of aryl methyl sites for hydroxylation is 1. The van der Waals surface area contributed by atoms with Gasteiger partial charge in [-0.25, -0.2) is 9.67 Å². The van der Waals surface area contributed by atoms with Crippen molar-refractivity contribution in [2.45, 2.75) is 46.1 Å². The molecule has 1 aliphatic carbocycles. The molecule has 1 aliphatic rings. The first-order valence-corrected chi connectivity index (χ1v) is 9.27. The standard InChI is InChI=1S/C21H22N4O2/c1-12(2)25-20-17(11-22-25)19(16-8-5-9-18(16)24-20)21(27)23-15-7-4-6-14(10-15)13(3)26/h4,6-7,10-12H,5,8-9H2,1-3H3,(H,23,27). The summed E-state index contributed by atoms with van der Waals surface area (Å²) >= 11 is 0. The van der Waals surface area contributed by atoms with Crippen LogP contribution in [0.4, 0.5) is 5.69 Å². The van der Waals surface area contributed by atoms with Crippen molar-refractivity contribution in [2.75, 3.05) is 5.32 Å². The summed E-state index contributed by atoms with van der Waals surface area (Å²) in [5.74, 6) is -0.207. The predicted octanol–water partition coefficient (Wildman–Crippen LogP) is 3.96. The molecule has 0 aliphatic heterocycles. The summed E-state index contributed by atoms with van der Waals surface area (Å²) in [5.41, 5.74) is 4.62. The van der Waals surface area contributed by atoms with Crippen LogP contribution in [-0.2, 0) is 12.8 Å². The van der Waals surface area contributed by atoms with Crippen LogP contribution in [0, 0.1) is 0 Å². The first-order chi connectivity index (χ1) is 13.0. The molecule has 4 rings (SSSR count). The van der Waals surface area contributed by atoms with Crippen LogP contribution in [0.1, 0.15) is 65.2 Å². The van der Waals surface area contributed by atoms with Crippen molar-refractivity contribution in [2.24, 2.45) is 0 Å². The van der Waals surface area contributed by atoms with Crippen LogP contribution in [0.15, 0.2) is 30.5 Å². The number of ketones is 1. The summed E-state index contributed by atoms with van der Waals surface area (Å²) in [6.45, 7) is 5.61. The number of hydrogen-bond donors (Lipinski definition) is 1. The zero-order chi connectivity index (χ0) is 19.1. The molecule has 0 fully saturated rings. The number of rotatable bonds is 4. The number of pyridine rings is 1. The summed E-state index contributed by atoms with van der Waals surface area (Å²) < 4.78 is 1.86. The van der Waals surface area contributed by atoms with Crippen LogP contribution in [0.25, 0.3) is 11.0 Å². The molecule has 0 bridgehead atoms. The Morgan fingerprint density at radius 2 is 2.04 bits per heavy atom. The Kier molecular flexibility index (Phi) is 4.26. The summed E-state index contributed by atoms with van der Waals surface area (Å²) in [5, 5.41) is 8.19. The Hall–Kier alpha value is -3.02. The molecule has 2 heterocycles. The van der Waals surface area contributed by atoms with E-state index < -0.39 is 0 Å². The number of Topliss-reactive ketones (excluding diaryl/α,β-unsaturated/α-hetero) is 1. The summed E-state index contributed by atoms with van der Waals surface area (Å²) in [6, 6.07) is 7.18. The maximum Gasteiger partial charge on any atom is 0.256 e. The molecule has 6 heteroatoms. The minimum absolute atomic E-state index is 0.0310. The maximum atomic E-state index is 13.2. The van der Waals surface area contributed by atoms with E-state index in [2.05, 4.69) is 10.4 Å². The van der Waals surface area contributed by atoms with Gasteiger partial charge >= 0.3 is 0 Å². The van der Waals surface area contributed by atoms with Gasteiger partial charge in [-0.1, -0.05) is 12.1 Å². The molecule has 3 aromatic rings. The third-order valence-corrected chi connectivity index (χ3v) is 5.01. The van der Waals surface area contributed by atoms with Crippen LogP contribution in [0.3, 0.4) is 0 Å². The van der Waals surface area contributed by atoms with Crippen molar-refractivity contribution >= 4 is 28.4 Å². The number of nitrogens with one attached hydrogen (secondary N) is 1. The van der Waals surface area contributed by atoms with Gasteiger partial charge in [0.2, 0.25) is 0 Å². The Morgan fingerprint density at radius 1 is 1.22 bits per heavy atom. The fourth-order valence-electron chi connectivity index (χ4n) is 3.70. The quantitative estimate of drug-likeness (QED) is 0.713. The number of aromatic nitrogens is 3. The molecule has 1 aromatic carbocycles. The second-order valence-electron chi connectivity index (χ2n) is 7.28. The number of nitrogens with zero attached hydrogens (tertiary/aromatic N) is 3. The number of anilines is 1. The molecule has 27 heavy (non-hydrogen) atoms. The van der Waals surface area contributed by atoms with Gasteiger partial charge in [0.05, 0.1) is 17.1 Å². The van der Waals surface area contributed by atoms with E-state index in [0.717, 1.165) is 41.6 Å². The van der Waals surface area contributed by atoms with Crippen LogP contribution < -0.4 is 5.32 Å². The summed E-state index contributed by atoms with van der Waals surface area (Å²) in [7, 11) is 0. The van der Waals surface area contributed by atoms with Crippen molar-refractivity contribution in [3.8, 4) is 0 Å². The van der Waals surface area contributed by atoms with Gasteiger partial charge in [-0.15, -0.1) is 0 Å². The zero-order valence-corrected chi connectivity index (χ0v) is 15.7. The third-order valence-electron chi connectivity index (χ3n) is 5.01. The van der Waals surface area contributed by atoms with Gasteiger partial charge in [0.1, 0.15) is 0 Å². The van der Waals surface area contributed by atoms with E-state index in [1.54, 1.807) is 30.5 Å². The van der Waals surface area contributed by atoms with Crippen molar-refractivity contribution in [1.29, 1.82) is 0 Å². The first kappa shape index (κ1) is 17.4. The Bertz CT molecular complexity index is 1070. The topological polar surface area (TPSA) is 76.9 Å². The van der Waals surface area contributed by atoms with E-state index in [4.69, 9.17) is 4.98 Å². The molecule has 1 amide bonds. The fraction of sp³-hybridized carbons (Fsp3) is 0.333. The highest BCUT2D eigenvalue weighted by Gasteiger charge is 2.26. The normalized spacial score (nSPS) is 13.2. The second kappa shape index (κ2) is 6.61. The van der Waals surface area contributed by atoms with E-state index in [9.17, 15) is 9.59 Å². The SMILES string of the molecule is CC(=O)c1cccc(NC(=O)c2c3c(nc4c2cnn4C(C)C)CCC3)c1. The molecule has 0 saturated carbocycles. The maximum absolute atomic E-state index is 13.2. The van der Waals surface area contributed by atoms with Crippen molar-refractivity contribution in [3.05, 3.63) is 52.8 Å². The Morgan fingerprint density at radius 3 is 2.78 bits per heavy atom. The average Bonchev–Trinajstić information content (AvgIpc) is 3.25. The highest BCUT2D eigenvalue weighted by atomic mass is 16.1. The second-order valence-corrected chi connectivity index (χ2v) is 7.28. The van der Waals surface area contributed by atoms with E-state index in [1.807, 2.05) is 18.5 Å². The summed E-state index contributed by atoms with van der Waals surface area (Å²) in [4.78, 5) is 29.6. The van der Waals surface area contributed by atoms with Gasteiger partial charge in [0, 0.05) is 23.0 Å². The monoisotopic (exact) mass is 362 g/mol. The van der Waals surface area contributed by atoms with Gasteiger partial charge in [0.25, 0.3) is 5.91 Å². The molecule has 6 nitrogen and oxygen atoms in total. The van der Waals surface area contributed by atoms with Crippen molar-refractivity contribution in [1.82, 2.24) is 14.8 Å². The van der Waals surface area contributed by atoms with E-state index >= 15 is 0 Å². The lowest BCUT2D eigenvalue weighted by atomic mass is 10.0. The lowest BCUT2D eigenvalue weighted by Crippen LogP contribution is -2.16. The van der Waals surface area contributed by atoms with Gasteiger partial charge < -0.3 is 5.32 Å². The third kappa shape index (κ3) is 3.01. The van der Waals surface area contributed by atoms with Gasteiger partial charge in [-0.2, -0.15) is 5.10 Å². The fourth-order valence-corrected chi connectivity index (χ4v) is 3.70. The van der Waals surface area contributed by atoms with Crippen LogP contribution in [0.2, 0.25) is 0 Å². The lowest BCUT2D eigenvalue weighted by molar-refractivity contribution is 0.101.